The first-order valence-electron chi connectivity index (χ1n) is 5.09. The van der Waals surface area contributed by atoms with Crippen LogP contribution in [0.1, 0.15) is 24.5 Å². The Bertz CT molecular complexity index is 374. The molecule has 0 fully saturated rings. The summed E-state index contributed by atoms with van der Waals surface area (Å²) >= 11 is 0. The molecule has 15 heavy (non-hydrogen) atoms. The molecule has 0 spiro atoms. The third-order valence-corrected chi connectivity index (χ3v) is 2.22. The molecule has 0 saturated heterocycles. The van der Waals surface area contributed by atoms with Crippen LogP contribution in [0.15, 0.2) is 18.2 Å². The molecule has 0 amide bonds. The van der Waals surface area contributed by atoms with Crippen molar-refractivity contribution in [2.45, 2.75) is 26.8 Å². The van der Waals surface area contributed by atoms with E-state index in [-0.39, 0.29) is 5.82 Å². The van der Waals surface area contributed by atoms with Gasteiger partial charge < -0.3 is 5.32 Å². The number of rotatable bonds is 4. The van der Waals surface area contributed by atoms with Gasteiger partial charge in [-0.25, -0.2) is 4.39 Å². The van der Waals surface area contributed by atoms with E-state index >= 15 is 0 Å². The molecule has 0 aliphatic heterocycles. The maximum Gasteiger partial charge on any atom is 0.123 e. The third-order valence-electron chi connectivity index (χ3n) is 2.22. The van der Waals surface area contributed by atoms with Crippen LogP contribution in [0.3, 0.4) is 0 Å². The highest BCUT2D eigenvalue weighted by molar-refractivity contribution is 5.26. The Morgan fingerprint density at radius 3 is 2.87 bits per heavy atom. The van der Waals surface area contributed by atoms with Crippen LogP contribution >= 0.6 is 0 Å². The molecule has 1 nitrogen and oxygen atoms in total. The molecule has 0 bridgehead atoms. The molecule has 0 unspecified atom stereocenters. The topological polar surface area (TPSA) is 12.0 Å². The standard InChI is InChI=1S/C13H16FN/c1-3-4-5-8-15-10-12-6-7-13(14)9-11(12)2/h6-7,9,15H,5,8,10H2,1-2H3. The molecule has 1 rings (SSSR count). The minimum absolute atomic E-state index is 0.173. The smallest absolute Gasteiger partial charge is 0.123 e. The Morgan fingerprint density at radius 2 is 2.20 bits per heavy atom. The van der Waals surface area contributed by atoms with Crippen molar-refractivity contribution in [1.82, 2.24) is 5.32 Å². The summed E-state index contributed by atoms with van der Waals surface area (Å²) in [6, 6.07) is 4.88. The molecule has 0 aliphatic rings. The Balaban J connectivity index is 2.39. The van der Waals surface area contributed by atoms with Crippen LogP contribution in [0.2, 0.25) is 0 Å². The first-order valence-corrected chi connectivity index (χ1v) is 5.09. The van der Waals surface area contributed by atoms with Crippen molar-refractivity contribution >= 4 is 0 Å². The van der Waals surface area contributed by atoms with Crippen LogP contribution in [0.5, 0.6) is 0 Å². The highest BCUT2D eigenvalue weighted by atomic mass is 19.1. The molecule has 0 saturated carbocycles. The quantitative estimate of drug-likeness (QED) is 0.588. The van der Waals surface area contributed by atoms with Crippen molar-refractivity contribution in [2.75, 3.05) is 6.54 Å². The summed E-state index contributed by atoms with van der Waals surface area (Å²) in [6.07, 6.45) is 0.858. The molecule has 0 atom stereocenters. The van der Waals surface area contributed by atoms with Gasteiger partial charge in [0.2, 0.25) is 0 Å². The van der Waals surface area contributed by atoms with Crippen molar-refractivity contribution in [2.24, 2.45) is 0 Å². The Morgan fingerprint density at radius 1 is 1.40 bits per heavy atom. The van der Waals surface area contributed by atoms with Crippen molar-refractivity contribution in [3.63, 3.8) is 0 Å². The van der Waals surface area contributed by atoms with Gasteiger partial charge in [0, 0.05) is 19.5 Å². The van der Waals surface area contributed by atoms with E-state index in [2.05, 4.69) is 17.2 Å². The molecule has 1 aromatic carbocycles. The molecule has 80 valence electrons. The molecule has 1 N–H and O–H groups in total. The zero-order chi connectivity index (χ0) is 11.1. The fourth-order valence-electron chi connectivity index (χ4n) is 1.36. The lowest BCUT2D eigenvalue weighted by Gasteiger charge is -2.06. The van der Waals surface area contributed by atoms with Gasteiger partial charge in [0.1, 0.15) is 5.82 Å². The Labute approximate surface area is 90.7 Å². The lowest BCUT2D eigenvalue weighted by atomic mass is 10.1. The van der Waals surface area contributed by atoms with Crippen LogP contribution in [-0.4, -0.2) is 6.54 Å². The number of benzene rings is 1. The van der Waals surface area contributed by atoms with Crippen molar-refractivity contribution < 1.29 is 4.39 Å². The van der Waals surface area contributed by atoms with E-state index < -0.39 is 0 Å². The van der Waals surface area contributed by atoms with Crippen LogP contribution in [0.25, 0.3) is 0 Å². The molecular formula is C13H16FN. The minimum Gasteiger partial charge on any atom is -0.312 e. The largest absolute Gasteiger partial charge is 0.312 e. The predicted octanol–water partition coefficient (Wildman–Crippen LogP) is 2.64. The van der Waals surface area contributed by atoms with Crippen LogP contribution in [0, 0.1) is 24.6 Å². The number of halogens is 1. The summed E-state index contributed by atoms with van der Waals surface area (Å²) in [6.45, 7) is 5.41. The minimum atomic E-state index is -0.173. The second kappa shape index (κ2) is 6.21. The normalized spacial score (nSPS) is 9.53. The van der Waals surface area contributed by atoms with Crippen LogP contribution in [-0.2, 0) is 6.54 Å². The van der Waals surface area contributed by atoms with Crippen LogP contribution < -0.4 is 5.32 Å². The van der Waals surface area contributed by atoms with Gasteiger partial charge >= 0.3 is 0 Å². The monoisotopic (exact) mass is 205 g/mol. The number of aryl methyl sites for hydroxylation is 1. The number of hydrogen-bond donors (Lipinski definition) is 1. The molecular weight excluding hydrogens is 189 g/mol. The molecule has 0 radical (unpaired) electrons. The fraction of sp³-hybridized carbons (Fsp3) is 0.385. The van der Waals surface area contributed by atoms with Gasteiger partial charge in [0.25, 0.3) is 0 Å². The molecule has 2 heteroatoms. The van der Waals surface area contributed by atoms with Gasteiger partial charge in [0.05, 0.1) is 0 Å². The highest BCUT2D eigenvalue weighted by Crippen LogP contribution is 2.09. The molecule has 0 heterocycles. The summed E-state index contributed by atoms with van der Waals surface area (Å²) in [7, 11) is 0. The summed E-state index contributed by atoms with van der Waals surface area (Å²) in [5, 5.41) is 3.27. The molecule has 0 aromatic heterocycles. The summed E-state index contributed by atoms with van der Waals surface area (Å²) in [4.78, 5) is 0. The van der Waals surface area contributed by atoms with E-state index in [0.717, 1.165) is 30.6 Å². The van der Waals surface area contributed by atoms with Gasteiger partial charge in [0.15, 0.2) is 0 Å². The zero-order valence-corrected chi connectivity index (χ0v) is 9.23. The molecule has 0 aliphatic carbocycles. The van der Waals surface area contributed by atoms with E-state index in [9.17, 15) is 4.39 Å². The van der Waals surface area contributed by atoms with E-state index in [1.54, 1.807) is 6.07 Å². The Kier molecular flexibility index (Phi) is 4.86. The predicted molar refractivity (Wildman–Crippen MR) is 60.9 cm³/mol. The second-order valence-electron chi connectivity index (χ2n) is 3.42. The lowest BCUT2D eigenvalue weighted by Crippen LogP contribution is -2.14. The van der Waals surface area contributed by atoms with Crippen molar-refractivity contribution in [1.29, 1.82) is 0 Å². The highest BCUT2D eigenvalue weighted by Gasteiger charge is 1.98. The van der Waals surface area contributed by atoms with E-state index in [1.807, 2.05) is 19.9 Å². The van der Waals surface area contributed by atoms with Crippen molar-refractivity contribution in [3.8, 4) is 11.8 Å². The Hall–Kier alpha value is -1.33. The number of hydrogen-bond acceptors (Lipinski definition) is 1. The second-order valence-corrected chi connectivity index (χ2v) is 3.42. The SMILES string of the molecule is CC#CCCNCc1ccc(F)cc1C. The first kappa shape index (κ1) is 11.7. The third kappa shape index (κ3) is 4.14. The van der Waals surface area contributed by atoms with Gasteiger partial charge in [-0.3, -0.25) is 0 Å². The first-order chi connectivity index (χ1) is 7.24. The van der Waals surface area contributed by atoms with Crippen LogP contribution in [0.4, 0.5) is 4.39 Å². The maximum absolute atomic E-state index is 12.8. The van der Waals surface area contributed by atoms with E-state index in [4.69, 9.17) is 0 Å². The van der Waals surface area contributed by atoms with Gasteiger partial charge in [-0.15, -0.1) is 11.8 Å². The van der Waals surface area contributed by atoms with Gasteiger partial charge in [-0.2, -0.15) is 0 Å². The average Bonchev–Trinajstić information content (AvgIpc) is 2.20. The number of nitrogens with one attached hydrogen (secondary N) is 1. The maximum atomic E-state index is 12.8. The van der Waals surface area contributed by atoms with E-state index in [0.29, 0.717) is 0 Å². The zero-order valence-electron chi connectivity index (χ0n) is 9.23. The average molecular weight is 205 g/mol. The van der Waals surface area contributed by atoms with E-state index in [1.165, 1.54) is 6.07 Å². The summed E-state index contributed by atoms with van der Waals surface area (Å²) < 4.78 is 12.8. The van der Waals surface area contributed by atoms with Crippen molar-refractivity contribution in [3.05, 3.63) is 35.1 Å². The lowest BCUT2D eigenvalue weighted by molar-refractivity contribution is 0.623. The summed E-state index contributed by atoms with van der Waals surface area (Å²) in [5.41, 5.74) is 2.13. The molecule has 1 aromatic rings. The summed E-state index contributed by atoms with van der Waals surface area (Å²) in [5.74, 6) is 5.66. The fourth-order valence-corrected chi connectivity index (χ4v) is 1.36. The van der Waals surface area contributed by atoms with Gasteiger partial charge in [-0.05, 0) is 37.1 Å². The van der Waals surface area contributed by atoms with Gasteiger partial charge in [-0.1, -0.05) is 6.07 Å².